The zero-order chi connectivity index (χ0) is 11.5. The maximum absolute atomic E-state index is 5.45. The molecule has 2 rings (SSSR count). The molecule has 0 saturated heterocycles. The molecule has 7 heteroatoms. The molecule has 0 spiro atoms. The summed E-state index contributed by atoms with van der Waals surface area (Å²) in [7, 11) is 0. The highest BCUT2D eigenvalue weighted by Gasteiger charge is 2.08. The van der Waals surface area contributed by atoms with E-state index < -0.39 is 0 Å². The Morgan fingerprint density at radius 1 is 1.56 bits per heavy atom. The number of nitrogens with two attached hydrogens (primary N) is 1. The van der Waals surface area contributed by atoms with Crippen molar-refractivity contribution in [1.82, 2.24) is 14.4 Å². The van der Waals surface area contributed by atoms with Crippen LogP contribution in [0.2, 0.25) is 0 Å². The molecule has 0 aliphatic rings. The quantitative estimate of drug-likeness (QED) is 0.612. The molecule has 0 aromatic carbocycles. The summed E-state index contributed by atoms with van der Waals surface area (Å²) in [6, 6.07) is 0. The van der Waals surface area contributed by atoms with Crippen LogP contribution in [-0.4, -0.2) is 27.5 Å². The molecular weight excluding hydrogens is 385 g/mol. The van der Waals surface area contributed by atoms with Crippen LogP contribution in [-0.2, 0) is 0 Å². The number of nitrogens with one attached hydrogen (secondary N) is 1. The first-order valence-corrected chi connectivity index (χ1v) is 6.72. The predicted molar refractivity (Wildman–Crippen MR) is 75.6 cm³/mol. The Kier molecular flexibility index (Phi) is 3.98. The third-order valence-electron chi connectivity index (χ3n) is 2.09. The maximum atomic E-state index is 5.45. The van der Waals surface area contributed by atoms with Gasteiger partial charge in [-0.15, -0.1) is 0 Å². The Morgan fingerprint density at radius 2 is 2.38 bits per heavy atom. The van der Waals surface area contributed by atoms with Crippen molar-refractivity contribution in [2.45, 2.75) is 6.42 Å². The SMILES string of the molecule is NCCCNc1nc(Br)cn2c(I)cnc12. The van der Waals surface area contributed by atoms with E-state index in [0.717, 1.165) is 32.7 Å². The minimum Gasteiger partial charge on any atom is -0.367 e. The molecule has 0 saturated carbocycles. The number of aromatic nitrogens is 3. The van der Waals surface area contributed by atoms with E-state index in [-0.39, 0.29) is 0 Å². The van der Waals surface area contributed by atoms with Gasteiger partial charge in [0.1, 0.15) is 8.30 Å². The van der Waals surface area contributed by atoms with Gasteiger partial charge in [0.05, 0.1) is 6.20 Å². The number of anilines is 1. The van der Waals surface area contributed by atoms with Crippen LogP contribution in [0.1, 0.15) is 6.42 Å². The number of imidazole rings is 1. The lowest BCUT2D eigenvalue weighted by Gasteiger charge is -2.06. The molecule has 0 aliphatic heterocycles. The van der Waals surface area contributed by atoms with E-state index in [4.69, 9.17) is 5.73 Å². The van der Waals surface area contributed by atoms with Crippen LogP contribution in [0.25, 0.3) is 5.65 Å². The summed E-state index contributed by atoms with van der Waals surface area (Å²) in [5.74, 6) is 0.783. The normalized spacial score (nSPS) is 10.9. The fourth-order valence-electron chi connectivity index (χ4n) is 1.36. The Bertz CT molecular complexity index is 498. The fourth-order valence-corrected chi connectivity index (χ4v) is 2.25. The molecule has 5 nitrogen and oxygen atoms in total. The van der Waals surface area contributed by atoms with Gasteiger partial charge < -0.3 is 11.1 Å². The molecule has 2 heterocycles. The molecule has 0 unspecified atom stereocenters. The summed E-state index contributed by atoms with van der Waals surface area (Å²) >= 11 is 5.62. The molecule has 0 fully saturated rings. The lowest BCUT2D eigenvalue weighted by molar-refractivity contribution is 0.868. The predicted octanol–water partition coefficient (Wildman–Crippen LogP) is 1.86. The average molecular weight is 396 g/mol. The van der Waals surface area contributed by atoms with Crippen molar-refractivity contribution in [3.05, 3.63) is 20.7 Å². The highest BCUT2D eigenvalue weighted by atomic mass is 127. The van der Waals surface area contributed by atoms with Gasteiger partial charge in [0, 0.05) is 12.7 Å². The highest BCUT2D eigenvalue weighted by Crippen LogP contribution is 2.19. The first-order valence-electron chi connectivity index (χ1n) is 4.85. The second-order valence-electron chi connectivity index (χ2n) is 3.26. The van der Waals surface area contributed by atoms with Crippen molar-refractivity contribution in [3.8, 4) is 0 Å². The minimum absolute atomic E-state index is 0.670. The van der Waals surface area contributed by atoms with Crippen LogP contribution in [0.3, 0.4) is 0 Å². The number of halogens is 2. The van der Waals surface area contributed by atoms with Crippen LogP contribution < -0.4 is 11.1 Å². The summed E-state index contributed by atoms with van der Waals surface area (Å²) in [5, 5.41) is 3.23. The lowest BCUT2D eigenvalue weighted by Crippen LogP contribution is -2.10. The van der Waals surface area contributed by atoms with E-state index in [1.54, 1.807) is 0 Å². The van der Waals surface area contributed by atoms with E-state index in [1.807, 2.05) is 16.8 Å². The van der Waals surface area contributed by atoms with Gasteiger partial charge >= 0.3 is 0 Å². The Hall–Kier alpha value is -0.410. The van der Waals surface area contributed by atoms with Crippen LogP contribution >= 0.6 is 38.5 Å². The summed E-state index contributed by atoms with van der Waals surface area (Å²) in [6.07, 6.45) is 4.63. The standard InChI is InChI=1S/C9H11BrIN5/c10-6-5-16-7(11)4-14-9(16)8(15-6)13-3-1-2-12/h4-5H,1-3,12H2,(H,13,15). The number of hydrogen-bond acceptors (Lipinski definition) is 4. The minimum atomic E-state index is 0.670. The molecule has 0 radical (unpaired) electrons. The molecule has 3 N–H and O–H groups in total. The van der Waals surface area contributed by atoms with E-state index in [0.29, 0.717) is 6.54 Å². The number of fused-ring (bicyclic) bond motifs is 1. The molecule has 86 valence electrons. The second kappa shape index (κ2) is 5.28. The Morgan fingerprint density at radius 3 is 3.12 bits per heavy atom. The van der Waals surface area contributed by atoms with Crippen LogP contribution in [0.4, 0.5) is 5.82 Å². The van der Waals surface area contributed by atoms with Crippen molar-refractivity contribution >= 4 is 50.0 Å². The molecule has 2 aromatic heterocycles. The van der Waals surface area contributed by atoms with Gasteiger partial charge in [-0.3, -0.25) is 4.40 Å². The van der Waals surface area contributed by atoms with Gasteiger partial charge in [-0.05, 0) is 51.5 Å². The smallest absolute Gasteiger partial charge is 0.181 e. The van der Waals surface area contributed by atoms with Crippen molar-refractivity contribution in [2.24, 2.45) is 5.73 Å². The molecule has 0 atom stereocenters. The zero-order valence-corrected chi connectivity index (χ0v) is 12.2. The third-order valence-corrected chi connectivity index (χ3v) is 3.27. The third kappa shape index (κ3) is 2.46. The van der Waals surface area contributed by atoms with Gasteiger partial charge in [-0.25, -0.2) is 9.97 Å². The van der Waals surface area contributed by atoms with Gasteiger partial charge in [0.25, 0.3) is 0 Å². The van der Waals surface area contributed by atoms with Crippen LogP contribution in [0.15, 0.2) is 17.0 Å². The topological polar surface area (TPSA) is 68.2 Å². The second-order valence-corrected chi connectivity index (χ2v) is 5.17. The summed E-state index contributed by atoms with van der Waals surface area (Å²) in [5.41, 5.74) is 6.29. The van der Waals surface area contributed by atoms with E-state index in [1.165, 1.54) is 0 Å². The molecular formula is C9H11BrIN5. The molecule has 0 bridgehead atoms. The first-order chi connectivity index (χ1) is 7.72. The zero-order valence-electron chi connectivity index (χ0n) is 8.45. The van der Waals surface area contributed by atoms with E-state index >= 15 is 0 Å². The van der Waals surface area contributed by atoms with Gasteiger partial charge in [-0.1, -0.05) is 0 Å². The lowest BCUT2D eigenvalue weighted by atomic mass is 10.4. The van der Waals surface area contributed by atoms with Crippen molar-refractivity contribution in [1.29, 1.82) is 0 Å². The number of hydrogen-bond donors (Lipinski definition) is 2. The highest BCUT2D eigenvalue weighted by molar-refractivity contribution is 14.1. The van der Waals surface area contributed by atoms with Crippen LogP contribution in [0, 0.1) is 3.70 Å². The monoisotopic (exact) mass is 395 g/mol. The summed E-state index contributed by atoms with van der Waals surface area (Å²) in [6.45, 7) is 1.47. The number of rotatable bonds is 4. The molecule has 0 amide bonds. The first kappa shape index (κ1) is 12.1. The van der Waals surface area contributed by atoms with Crippen molar-refractivity contribution in [2.75, 3.05) is 18.4 Å². The number of nitrogens with zero attached hydrogens (tertiary/aromatic N) is 3. The summed E-state index contributed by atoms with van der Waals surface area (Å²) in [4.78, 5) is 8.68. The van der Waals surface area contributed by atoms with E-state index in [9.17, 15) is 0 Å². The van der Waals surface area contributed by atoms with Gasteiger partial charge in [-0.2, -0.15) is 0 Å². The molecule has 16 heavy (non-hydrogen) atoms. The summed E-state index contributed by atoms with van der Waals surface area (Å²) < 4.78 is 3.83. The largest absolute Gasteiger partial charge is 0.367 e. The van der Waals surface area contributed by atoms with Gasteiger partial charge in [0.2, 0.25) is 0 Å². The Balaban J connectivity index is 2.35. The van der Waals surface area contributed by atoms with E-state index in [2.05, 4.69) is 53.8 Å². The molecule has 2 aromatic rings. The van der Waals surface area contributed by atoms with Crippen molar-refractivity contribution in [3.63, 3.8) is 0 Å². The maximum Gasteiger partial charge on any atom is 0.181 e. The van der Waals surface area contributed by atoms with Crippen LogP contribution in [0.5, 0.6) is 0 Å². The Labute approximate surface area is 115 Å². The average Bonchev–Trinajstić information content (AvgIpc) is 2.61. The fraction of sp³-hybridized carbons (Fsp3) is 0.333. The van der Waals surface area contributed by atoms with Gasteiger partial charge in [0.15, 0.2) is 11.5 Å². The van der Waals surface area contributed by atoms with Crippen molar-refractivity contribution < 1.29 is 0 Å². The molecule has 0 aliphatic carbocycles.